The smallest absolute Gasteiger partial charge is 0.140 e. The molecule has 0 spiro atoms. The van der Waals surface area contributed by atoms with Crippen LogP contribution in [-0.2, 0) is 11.3 Å². The molecule has 1 atom stereocenters. The van der Waals surface area contributed by atoms with E-state index in [4.69, 9.17) is 4.74 Å². The third-order valence-electron chi connectivity index (χ3n) is 2.64. The van der Waals surface area contributed by atoms with Gasteiger partial charge in [-0.3, -0.25) is 0 Å². The van der Waals surface area contributed by atoms with Crippen LogP contribution in [0.15, 0.2) is 60.7 Å². The number of hydrogen-bond donors (Lipinski definition) is 1. The van der Waals surface area contributed by atoms with Crippen molar-refractivity contribution < 1.29 is 9.84 Å². The molecule has 1 N–H and O–H groups in total. The number of rotatable bonds is 4. The summed E-state index contributed by atoms with van der Waals surface area (Å²) in [5, 5.41) is 9.81. The van der Waals surface area contributed by atoms with Gasteiger partial charge in [-0.05, 0) is 11.1 Å². The van der Waals surface area contributed by atoms with Gasteiger partial charge in [0.25, 0.3) is 0 Å². The monoisotopic (exact) mass is 252 g/mol. The highest BCUT2D eigenvalue weighted by molar-refractivity contribution is 5.24. The molecule has 96 valence electrons. The number of benzene rings is 2. The molecule has 2 rings (SSSR count). The Hall–Kier alpha value is -2.08. The summed E-state index contributed by atoms with van der Waals surface area (Å²) in [6, 6.07) is 19.3. The van der Waals surface area contributed by atoms with Gasteiger partial charge in [0.2, 0.25) is 0 Å². The molecule has 0 saturated carbocycles. The number of ether oxygens (including phenoxy) is 1. The van der Waals surface area contributed by atoms with E-state index in [9.17, 15) is 5.11 Å². The highest BCUT2D eigenvalue weighted by atomic mass is 16.5. The summed E-state index contributed by atoms with van der Waals surface area (Å²) in [6.45, 7) is 0.857. The van der Waals surface area contributed by atoms with E-state index in [1.807, 2.05) is 60.7 Å². The van der Waals surface area contributed by atoms with Crippen molar-refractivity contribution in [2.24, 2.45) is 0 Å². The van der Waals surface area contributed by atoms with Crippen molar-refractivity contribution in [1.82, 2.24) is 0 Å². The highest BCUT2D eigenvalue weighted by Gasteiger charge is 2.00. The maximum Gasteiger partial charge on any atom is 0.140 e. The summed E-state index contributed by atoms with van der Waals surface area (Å²) in [4.78, 5) is 0. The molecule has 2 heteroatoms. The Morgan fingerprint density at radius 1 is 0.947 bits per heavy atom. The zero-order valence-electron chi connectivity index (χ0n) is 10.6. The lowest BCUT2D eigenvalue weighted by atomic mass is 10.1. The average molecular weight is 252 g/mol. The van der Waals surface area contributed by atoms with Crippen molar-refractivity contribution >= 4 is 0 Å². The van der Waals surface area contributed by atoms with Crippen LogP contribution in [0.2, 0.25) is 0 Å². The molecule has 0 aromatic heterocycles. The highest BCUT2D eigenvalue weighted by Crippen LogP contribution is 2.10. The fraction of sp³-hybridized carbons (Fsp3) is 0.176. The Balaban J connectivity index is 1.76. The quantitative estimate of drug-likeness (QED) is 0.669. The predicted molar refractivity (Wildman–Crippen MR) is 75.3 cm³/mol. The second-order valence-electron chi connectivity index (χ2n) is 4.11. The van der Waals surface area contributed by atoms with Gasteiger partial charge in [-0.2, -0.15) is 0 Å². The molecule has 0 unspecified atom stereocenters. The third kappa shape index (κ3) is 4.59. The van der Waals surface area contributed by atoms with Crippen LogP contribution < -0.4 is 0 Å². The third-order valence-corrected chi connectivity index (χ3v) is 2.64. The SMILES string of the molecule is O[C@@H](C#CCOCc1ccccc1)c1ccccc1. The van der Waals surface area contributed by atoms with Gasteiger partial charge in [0.15, 0.2) is 0 Å². The Kier molecular flexibility index (Phi) is 5.18. The number of hydrogen-bond acceptors (Lipinski definition) is 2. The van der Waals surface area contributed by atoms with E-state index in [1.165, 1.54) is 0 Å². The van der Waals surface area contributed by atoms with E-state index >= 15 is 0 Å². The molecule has 0 aliphatic heterocycles. The summed E-state index contributed by atoms with van der Waals surface area (Å²) in [6.07, 6.45) is -0.749. The van der Waals surface area contributed by atoms with Gasteiger partial charge in [0, 0.05) is 0 Å². The molecule has 2 aromatic carbocycles. The zero-order valence-corrected chi connectivity index (χ0v) is 10.6. The lowest BCUT2D eigenvalue weighted by molar-refractivity contribution is 0.153. The maximum absolute atomic E-state index is 9.81. The van der Waals surface area contributed by atoms with E-state index in [0.717, 1.165) is 11.1 Å². The molecule has 2 nitrogen and oxygen atoms in total. The van der Waals surface area contributed by atoms with Crippen molar-refractivity contribution in [2.75, 3.05) is 6.61 Å². The zero-order chi connectivity index (χ0) is 13.3. The van der Waals surface area contributed by atoms with Gasteiger partial charge < -0.3 is 9.84 Å². The molecule has 0 saturated heterocycles. The van der Waals surface area contributed by atoms with E-state index in [1.54, 1.807) is 0 Å². The molecular formula is C17H16O2. The van der Waals surface area contributed by atoms with E-state index in [0.29, 0.717) is 13.2 Å². The van der Waals surface area contributed by atoms with Crippen LogP contribution in [0, 0.1) is 11.8 Å². The summed E-state index contributed by atoms with van der Waals surface area (Å²) in [5.74, 6) is 5.60. The second-order valence-corrected chi connectivity index (χ2v) is 4.11. The van der Waals surface area contributed by atoms with Crippen molar-refractivity contribution in [3.05, 3.63) is 71.8 Å². The first kappa shape index (κ1) is 13.4. The van der Waals surface area contributed by atoms with Crippen LogP contribution in [-0.4, -0.2) is 11.7 Å². The molecule has 2 aromatic rings. The van der Waals surface area contributed by atoms with Crippen LogP contribution >= 0.6 is 0 Å². The van der Waals surface area contributed by atoms with Crippen molar-refractivity contribution in [2.45, 2.75) is 12.7 Å². The molecule has 0 aliphatic carbocycles. The number of aliphatic hydroxyl groups excluding tert-OH is 1. The molecule has 0 bridgehead atoms. The molecular weight excluding hydrogens is 236 g/mol. The molecule has 0 aliphatic rings. The first-order valence-corrected chi connectivity index (χ1v) is 6.19. The van der Waals surface area contributed by atoms with E-state index in [2.05, 4.69) is 11.8 Å². The van der Waals surface area contributed by atoms with Gasteiger partial charge in [0.1, 0.15) is 12.7 Å². The standard InChI is InChI=1S/C17H16O2/c18-17(16-10-5-2-6-11-16)12-7-13-19-14-15-8-3-1-4-9-15/h1-6,8-11,17-18H,13-14H2/t17-/m0/s1. The maximum atomic E-state index is 9.81. The Labute approximate surface area is 113 Å². The fourth-order valence-corrected chi connectivity index (χ4v) is 1.65. The molecule has 19 heavy (non-hydrogen) atoms. The van der Waals surface area contributed by atoms with E-state index in [-0.39, 0.29) is 0 Å². The minimum atomic E-state index is -0.749. The second kappa shape index (κ2) is 7.38. The molecule has 0 fully saturated rings. The van der Waals surface area contributed by atoms with E-state index < -0.39 is 6.10 Å². The Bertz CT molecular complexity index is 538. The van der Waals surface area contributed by atoms with Crippen LogP contribution in [0.25, 0.3) is 0 Å². The van der Waals surface area contributed by atoms with Crippen molar-refractivity contribution in [3.8, 4) is 11.8 Å². The van der Waals surface area contributed by atoms with Gasteiger partial charge in [-0.1, -0.05) is 72.5 Å². The molecule has 0 heterocycles. The van der Waals surface area contributed by atoms with Crippen LogP contribution in [0.3, 0.4) is 0 Å². The summed E-state index contributed by atoms with van der Waals surface area (Å²) in [7, 11) is 0. The number of aliphatic hydroxyl groups is 1. The van der Waals surface area contributed by atoms with Crippen LogP contribution in [0.5, 0.6) is 0 Å². The van der Waals surface area contributed by atoms with Gasteiger partial charge >= 0.3 is 0 Å². The van der Waals surface area contributed by atoms with Gasteiger partial charge in [-0.25, -0.2) is 0 Å². The Morgan fingerprint density at radius 3 is 2.26 bits per heavy atom. The topological polar surface area (TPSA) is 29.5 Å². The lowest BCUT2D eigenvalue weighted by Gasteiger charge is -2.02. The first-order valence-electron chi connectivity index (χ1n) is 6.19. The molecule has 0 amide bonds. The van der Waals surface area contributed by atoms with Crippen LogP contribution in [0.1, 0.15) is 17.2 Å². The fourth-order valence-electron chi connectivity index (χ4n) is 1.65. The minimum absolute atomic E-state index is 0.318. The van der Waals surface area contributed by atoms with Gasteiger partial charge in [-0.15, -0.1) is 0 Å². The summed E-state index contributed by atoms with van der Waals surface area (Å²) in [5.41, 5.74) is 1.92. The van der Waals surface area contributed by atoms with Crippen molar-refractivity contribution in [1.29, 1.82) is 0 Å². The lowest BCUT2D eigenvalue weighted by Crippen LogP contribution is -1.95. The minimum Gasteiger partial charge on any atom is -0.376 e. The Morgan fingerprint density at radius 2 is 1.58 bits per heavy atom. The summed E-state index contributed by atoms with van der Waals surface area (Å²) >= 11 is 0. The average Bonchev–Trinajstić information content (AvgIpc) is 2.49. The predicted octanol–water partition coefficient (Wildman–Crippen LogP) is 2.94. The normalized spacial score (nSPS) is 11.4. The van der Waals surface area contributed by atoms with Gasteiger partial charge in [0.05, 0.1) is 6.61 Å². The van der Waals surface area contributed by atoms with Crippen molar-refractivity contribution in [3.63, 3.8) is 0 Å². The largest absolute Gasteiger partial charge is 0.376 e. The van der Waals surface area contributed by atoms with Crippen LogP contribution in [0.4, 0.5) is 0 Å². The molecule has 0 radical (unpaired) electrons. The first-order chi connectivity index (χ1) is 9.36. The summed E-state index contributed by atoms with van der Waals surface area (Å²) < 4.78 is 5.42.